The van der Waals surface area contributed by atoms with Crippen molar-refractivity contribution in [2.45, 2.75) is 0 Å². The van der Waals surface area contributed by atoms with E-state index < -0.39 is 0 Å². The highest BCUT2D eigenvalue weighted by atomic mass is 15.0. The number of hydrogen-bond donors (Lipinski definition) is 0. The van der Waals surface area contributed by atoms with Crippen LogP contribution in [0.2, 0.25) is 0 Å². The van der Waals surface area contributed by atoms with E-state index in [1.54, 1.807) is 0 Å². The number of nitrogens with zero attached hydrogens (tertiary/aromatic N) is 5. The lowest BCUT2D eigenvalue weighted by Gasteiger charge is -2.13. The van der Waals surface area contributed by atoms with Crippen LogP contribution in [0.4, 0.5) is 0 Å². The third-order valence-corrected chi connectivity index (χ3v) is 9.61. The Morgan fingerprint density at radius 1 is 0.353 bits per heavy atom. The monoisotopic (exact) mass is 651 g/mol. The van der Waals surface area contributed by atoms with E-state index in [-0.39, 0.29) is 0 Å². The van der Waals surface area contributed by atoms with Gasteiger partial charge in [-0.25, -0.2) is 19.9 Å². The van der Waals surface area contributed by atoms with Crippen LogP contribution in [0.3, 0.4) is 0 Å². The van der Waals surface area contributed by atoms with Gasteiger partial charge in [0.25, 0.3) is 0 Å². The van der Waals surface area contributed by atoms with Crippen molar-refractivity contribution in [3.8, 4) is 51.1 Å². The van der Waals surface area contributed by atoms with Crippen molar-refractivity contribution in [2.24, 2.45) is 0 Å². The van der Waals surface area contributed by atoms with Gasteiger partial charge in [-0.15, -0.1) is 0 Å². The average Bonchev–Trinajstić information content (AvgIpc) is 3.54. The summed E-state index contributed by atoms with van der Waals surface area (Å²) in [4.78, 5) is 20.5. The highest BCUT2D eigenvalue weighted by Gasteiger charge is 2.22. The van der Waals surface area contributed by atoms with Crippen molar-refractivity contribution in [1.82, 2.24) is 24.5 Å². The number of aromatic nitrogens is 5. The summed E-state index contributed by atoms with van der Waals surface area (Å²) in [5, 5.41) is 5.65. The van der Waals surface area contributed by atoms with Gasteiger partial charge in [-0.2, -0.15) is 0 Å². The van der Waals surface area contributed by atoms with Crippen LogP contribution in [0.15, 0.2) is 176 Å². The Morgan fingerprint density at radius 2 is 0.902 bits per heavy atom. The summed E-state index contributed by atoms with van der Waals surface area (Å²) in [6.07, 6.45) is 0. The molecule has 3 heterocycles. The fourth-order valence-electron chi connectivity index (χ4n) is 7.28. The molecule has 7 aromatic carbocycles. The lowest BCUT2D eigenvalue weighted by atomic mass is 9.97. The van der Waals surface area contributed by atoms with Gasteiger partial charge >= 0.3 is 0 Å². The van der Waals surface area contributed by atoms with E-state index in [1.165, 1.54) is 0 Å². The quantitative estimate of drug-likeness (QED) is 0.174. The van der Waals surface area contributed by atoms with Gasteiger partial charge in [0, 0.05) is 49.5 Å². The predicted octanol–water partition coefficient (Wildman–Crippen LogP) is 11.3. The Morgan fingerprint density at radius 3 is 1.57 bits per heavy atom. The fourth-order valence-corrected chi connectivity index (χ4v) is 7.28. The average molecular weight is 652 g/mol. The van der Waals surface area contributed by atoms with Crippen LogP contribution in [0.1, 0.15) is 0 Å². The zero-order valence-corrected chi connectivity index (χ0v) is 27.5. The van der Waals surface area contributed by atoms with Crippen molar-refractivity contribution in [2.75, 3.05) is 0 Å². The predicted molar refractivity (Wildman–Crippen MR) is 209 cm³/mol. The van der Waals surface area contributed by atoms with Gasteiger partial charge in [0.2, 0.25) is 0 Å². The molecule has 0 fully saturated rings. The third-order valence-electron chi connectivity index (χ3n) is 9.61. The molecule has 0 amide bonds. The fraction of sp³-hybridized carbons (Fsp3) is 0. The molecule has 0 aliphatic rings. The van der Waals surface area contributed by atoms with Gasteiger partial charge in [-0.3, -0.25) is 0 Å². The van der Waals surface area contributed by atoms with Gasteiger partial charge in [0.15, 0.2) is 17.5 Å². The molecule has 5 heteroatoms. The Bertz CT molecular complexity index is 2830. The van der Waals surface area contributed by atoms with Crippen molar-refractivity contribution in [3.63, 3.8) is 0 Å². The zero-order chi connectivity index (χ0) is 33.7. The molecule has 3 aromatic heterocycles. The van der Waals surface area contributed by atoms with Crippen LogP contribution in [0.25, 0.3) is 94.6 Å². The minimum Gasteiger partial charge on any atom is -0.308 e. The number of hydrogen-bond acceptors (Lipinski definition) is 4. The molecule has 10 rings (SSSR count). The summed E-state index contributed by atoms with van der Waals surface area (Å²) in [5.74, 6) is 1.89. The van der Waals surface area contributed by atoms with E-state index in [1.807, 2.05) is 66.7 Å². The molecule has 0 unspecified atom stereocenters. The summed E-state index contributed by atoms with van der Waals surface area (Å²) in [7, 11) is 0. The second-order valence-corrected chi connectivity index (χ2v) is 12.7. The molecule has 0 N–H and O–H groups in total. The minimum absolute atomic E-state index is 0.620. The molecule has 0 aliphatic heterocycles. The van der Waals surface area contributed by atoms with Gasteiger partial charge in [-0.1, -0.05) is 140 Å². The molecular formula is C46H29N5. The molecule has 0 atom stereocenters. The van der Waals surface area contributed by atoms with Crippen molar-refractivity contribution in [3.05, 3.63) is 176 Å². The number of rotatable bonds is 5. The van der Waals surface area contributed by atoms with E-state index >= 15 is 0 Å². The van der Waals surface area contributed by atoms with Crippen molar-refractivity contribution in [1.29, 1.82) is 0 Å². The molecule has 0 aliphatic carbocycles. The standard InChI is InChI=1S/C46H29N5/c1-5-16-30(17-6-1)42-39-28-38-35-25-15-26-36(46-49-44(31-18-7-2-8-19-31)48-45(50-46)32-20-9-3-10-21-32)43(35)51(33-22-11-4-12-23-33)41(38)29-37(39)34-24-13-14-27-40(34)47-42/h1-29H. The maximum atomic E-state index is 5.23. The molecule has 0 radical (unpaired) electrons. The minimum atomic E-state index is 0.620. The molecule has 0 saturated carbocycles. The summed E-state index contributed by atoms with van der Waals surface area (Å²) >= 11 is 0. The SMILES string of the molecule is c1ccc(-c2nc(-c3ccccc3)nc(-c3cccc4c5cc6c(-c7ccccc7)nc7ccccc7c6cc5n(-c5ccccc5)c34)n2)cc1. The van der Waals surface area contributed by atoms with Gasteiger partial charge < -0.3 is 4.57 Å². The second-order valence-electron chi connectivity index (χ2n) is 12.7. The Balaban J connectivity index is 1.34. The van der Waals surface area contributed by atoms with Crippen LogP contribution < -0.4 is 0 Å². The number of benzene rings is 7. The maximum Gasteiger partial charge on any atom is 0.166 e. The first kappa shape index (κ1) is 29.0. The first-order chi connectivity index (χ1) is 25.3. The molecule has 238 valence electrons. The maximum absolute atomic E-state index is 5.23. The van der Waals surface area contributed by atoms with Crippen LogP contribution in [-0.2, 0) is 0 Å². The van der Waals surface area contributed by atoms with Crippen molar-refractivity contribution < 1.29 is 0 Å². The summed E-state index contributed by atoms with van der Waals surface area (Å²) in [5.41, 5.74) is 9.04. The first-order valence-corrected chi connectivity index (χ1v) is 17.1. The Hall–Kier alpha value is -6.98. The van der Waals surface area contributed by atoms with Crippen LogP contribution in [0.5, 0.6) is 0 Å². The topological polar surface area (TPSA) is 56.5 Å². The van der Waals surface area contributed by atoms with E-state index in [0.29, 0.717) is 17.5 Å². The van der Waals surface area contributed by atoms with Gasteiger partial charge in [-0.05, 0) is 41.8 Å². The zero-order valence-electron chi connectivity index (χ0n) is 27.5. The van der Waals surface area contributed by atoms with Crippen LogP contribution in [0, 0.1) is 0 Å². The highest BCUT2D eigenvalue weighted by molar-refractivity contribution is 6.21. The molecule has 0 spiro atoms. The summed E-state index contributed by atoms with van der Waals surface area (Å²) in [6.45, 7) is 0. The van der Waals surface area contributed by atoms with Gasteiger partial charge in [0.05, 0.1) is 22.2 Å². The number of pyridine rings is 1. The summed E-state index contributed by atoms with van der Waals surface area (Å²) in [6, 6.07) is 60.9. The van der Waals surface area contributed by atoms with E-state index in [4.69, 9.17) is 19.9 Å². The van der Waals surface area contributed by atoms with Gasteiger partial charge in [0.1, 0.15) is 0 Å². The third kappa shape index (κ3) is 4.86. The molecule has 10 aromatic rings. The smallest absolute Gasteiger partial charge is 0.166 e. The number of fused-ring (bicyclic) bond motifs is 6. The van der Waals surface area contributed by atoms with Crippen molar-refractivity contribution >= 4 is 43.5 Å². The lowest BCUT2D eigenvalue weighted by molar-refractivity contribution is 1.07. The van der Waals surface area contributed by atoms with Crippen LogP contribution >= 0.6 is 0 Å². The molecule has 0 bridgehead atoms. The van der Waals surface area contributed by atoms with E-state index in [0.717, 1.165) is 77.1 Å². The number of para-hydroxylation sites is 3. The lowest BCUT2D eigenvalue weighted by Crippen LogP contribution is -2.02. The van der Waals surface area contributed by atoms with E-state index in [2.05, 4.69) is 114 Å². The second kappa shape index (κ2) is 11.9. The molecule has 0 saturated heterocycles. The van der Waals surface area contributed by atoms with Crippen LogP contribution in [-0.4, -0.2) is 24.5 Å². The highest BCUT2D eigenvalue weighted by Crippen LogP contribution is 2.42. The summed E-state index contributed by atoms with van der Waals surface area (Å²) < 4.78 is 2.37. The first-order valence-electron chi connectivity index (χ1n) is 17.1. The largest absolute Gasteiger partial charge is 0.308 e. The Kier molecular flexibility index (Phi) is 6.74. The Labute approximate surface area is 294 Å². The van der Waals surface area contributed by atoms with E-state index in [9.17, 15) is 0 Å². The molecule has 51 heavy (non-hydrogen) atoms. The molecule has 5 nitrogen and oxygen atoms in total. The normalized spacial score (nSPS) is 11.5. The molecular weight excluding hydrogens is 623 g/mol.